The van der Waals surface area contributed by atoms with Crippen LogP contribution in [-0.4, -0.2) is 31.7 Å². The van der Waals surface area contributed by atoms with Crippen molar-refractivity contribution in [1.82, 2.24) is 5.43 Å². The molecule has 0 saturated carbocycles. The molecular formula is C25H21N3O5. The largest absolute Gasteiger partial charge is 0.493 e. The number of benzene rings is 3. The molecule has 0 fully saturated rings. The molecule has 4 rings (SSSR count). The number of hydrogen-bond donors (Lipinski definition) is 2. The number of furan rings is 1. The van der Waals surface area contributed by atoms with Crippen LogP contribution in [0.1, 0.15) is 16.1 Å². The Kier molecular flexibility index (Phi) is 6.65. The summed E-state index contributed by atoms with van der Waals surface area (Å²) in [4.78, 5) is 24.6. The Hall–Kier alpha value is -4.59. The van der Waals surface area contributed by atoms with Gasteiger partial charge in [0.2, 0.25) is 0 Å². The Morgan fingerprint density at radius 3 is 2.58 bits per heavy atom. The second-order valence-electron chi connectivity index (χ2n) is 6.93. The Balaban J connectivity index is 1.43. The number of nitrogens with zero attached hydrogens (tertiary/aromatic N) is 1. The first-order chi connectivity index (χ1) is 16.1. The highest BCUT2D eigenvalue weighted by atomic mass is 16.5. The van der Waals surface area contributed by atoms with Gasteiger partial charge in [0.1, 0.15) is 5.58 Å². The summed E-state index contributed by atoms with van der Waals surface area (Å²) < 4.78 is 16.6. The van der Waals surface area contributed by atoms with Crippen LogP contribution >= 0.6 is 0 Å². The van der Waals surface area contributed by atoms with Gasteiger partial charge in [0.15, 0.2) is 23.9 Å². The van der Waals surface area contributed by atoms with E-state index in [1.54, 1.807) is 42.5 Å². The van der Waals surface area contributed by atoms with E-state index in [0.717, 1.165) is 5.39 Å². The van der Waals surface area contributed by atoms with E-state index in [2.05, 4.69) is 15.8 Å². The second-order valence-corrected chi connectivity index (χ2v) is 6.93. The van der Waals surface area contributed by atoms with Gasteiger partial charge in [-0.3, -0.25) is 9.59 Å². The Labute approximate surface area is 189 Å². The number of carbonyl (C=O) groups excluding carboxylic acids is 2. The molecule has 166 valence electrons. The maximum atomic E-state index is 12.4. The first-order valence-electron chi connectivity index (χ1n) is 10.1. The maximum Gasteiger partial charge on any atom is 0.307 e. The number of anilines is 1. The fourth-order valence-corrected chi connectivity index (χ4v) is 3.12. The molecule has 0 aliphatic rings. The number of hydrazone groups is 1. The highest BCUT2D eigenvalue weighted by molar-refractivity contribution is 5.97. The summed E-state index contributed by atoms with van der Waals surface area (Å²) in [5.41, 5.74) is 4.23. The highest BCUT2D eigenvalue weighted by Gasteiger charge is 2.13. The fraction of sp³-hybridized carbons (Fsp3) is 0.0800. The third-order valence-electron chi connectivity index (χ3n) is 4.65. The molecule has 33 heavy (non-hydrogen) atoms. The molecule has 8 nitrogen and oxygen atoms in total. The van der Waals surface area contributed by atoms with Crippen LogP contribution in [0.4, 0.5) is 5.69 Å². The molecule has 0 radical (unpaired) electrons. The quantitative estimate of drug-likeness (QED) is 0.314. The lowest BCUT2D eigenvalue weighted by Crippen LogP contribution is -2.21. The highest BCUT2D eigenvalue weighted by Crippen LogP contribution is 2.30. The molecule has 0 spiro atoms. The van der Waals surface area contributed by atoms with Crippen molar-refractivity contribution in [3.63, 3.8) is 0 Å². The van der Waals surface area contributed by atoms with Crippen LogP contribution in [0.5, 0.6) is 11.5 Å². The lowest BCUT2D eigenvalue weighted by atomic mass is 10.2. The SMILES string of the molecule is COc1cccc(/C=N/NC(=O)c2cc3ccccc3o2)c1OCC(=O)Nc1ccccc1. The van der Waals surface area contributed by atoms with Crippen molar-refractivity contribution in [1.29, 1.82) is 0 Å². The van der Waals surface area contributed by atoms with Crippen molar-refractivity contribution >= 4 is 34.7 Å². The smallest absolute Gasteiger partial charge is 0.307 e. The van der Waals surface area contributed by atoms with Crippen molar-refractivity contribution in [3.8, 4) is 11.5 Å². The van der Waals surface area contributed by atoms with E-state index in [-0.39, 0.29) is 18.3 Å². The van der Waals surface area contributed by atoms with Gasteiger partial charge in [0, 0.05) is 16.6 Å². The van der Waals surface area contributed by atoms with Crippen molar-refractivity contribution in [2.24, 2.45) is 5.10 Å². The molecular weight excluding hydrogens is 422 g/mol. The summed E-state index contributed by atoms with van der Waals surface area (Å²) in [7, 11) is 1.50. The zero-order valence-corrected chi connectivity index (χ0v) is 17.8. The van der Waals surface area contributed by atoms with Crippen LogP contribution in [0.2, 0.25) is 0 Å². The summed E-state index contributed by atoms with van der Waals surface area (Å²) in [6.45, 7) is -0.235. The van der Waals surface area contributed by atoms with Crippen molar-refractivity contribution < 1.29 is 23.5 Å². The molecule has 1 aromatic heterocycles. The van der Waals surface area contributed by atoms with Crippen LogP contribution in [0.15, 0.2) is 88.4 Å². The molecule has 8 heteroatoms. The summed E-state index contributed by atoms with van der Waals surface area (Å²) in [6.07, 6.45) is 1.41. The first kappa shape index (κ1) is 21.6. The molecule has 3 aromatic carbocycles. The van der Waals surface area contributed by atoms with E-state index < -0.39 is 5.91 Å². The number of carbonyl (C=O) groups is 2. The summed E-state index contributed by atoms with van der Waals surface area (Å²) in [5, 5.41) is 7.57. The van der Waals surface area contributed by atoms with Gasteiger partial charge in [-0.15, -0.1) is 0 Å². The molecule has 2 amide bonds. The van der Waals surface area contributed by atoms with Crippen LogP contribution in [0.3, 0.4) is 0 Å². The Morgan fingerprint density at radius 2 is 1.79 bits per heavy atom. The lowest BCUT2D eigenvalue weighted by molar-refractivity contribution is -0.118. The minimum absolute atomic E-state index is 0.146. The van der Waals surface area contributed by atoms with E-state index in [4.69, 9.17) is 13.9 Å². The molecule has 0 atom stereocenters. The molecule has 0 bridgehead atoms. The summed E-state index contributed by atoms with van der Waals surface area (Å²) >= 11 is 0. The molecule has 0 aliphatic carbocycles. The topological polar surface area (TPSA) is 102 Å². The van der Waals surface area contributed by atoms with Gasteiger partial charge in [0.05, 0.1) is 13.3 Å². The van der Waals surface area contributed by atoms with Crippen molar-refractivity contribution in [2.45, 2.75) is 0 Å². The van der Waals surface area contributed by atoms with Gasteiger partial charge >= 0.3 is 5.91 Å². The summed E-state index contributed by atoms with van der Waals surface area (Å²) in [5.74, 6) is 0.0799. The lowest BCUT2D eigenvalue weighted by Gasteiger charge is -2.13. The number of amides is 2. The molecule has 0 unspecified atom stereocenters. The zero-order chi connectivity index (χ0) is 23.0. The van der Waals surface area contributed by atoms with Gasteiger partial charge in [-0.2, -0.15) is 5.10 Å². The van der Waals surface area contributed by atoms with E-state index in [1.807, 2.05) is 36.4 Å². The van der Waals surface area contributed by atoms with Gasteiger partial charge in [-0.25, -0.2) is 5.43 Å². The van der Waals surface area contributed by atoms with Crippen LogP contribution in [0.25, 0.3) is 11.0 Å². The zero-order valence-electron chi connectivity index (χ0n) is 17.8. The average Bonchev–Trinajstić information content (AvgIpc) is 3.28. The van der Waals surface area contributed by atoms with Crippen LogP contribution < -0.4 is 20.2 Å². The predicted molar refractivity (Wildman–Crippen MR) is 125 cm³/mol. The second kappa shape index (κ2) is 10.1. The number of methoxy groups -OCH3 is 1. The summed E-state index contributed by atoms with van der Waals surface area (Å²) in [6, 6.07) is 23.2. The number of rotatable bonds is 8. The first-order valence-corrected chi connectivity index (χ1v) is 10.1. The number of para-hydroxylation sites is 3. The molecule has 2 N–H and O–H groups in total. The standard InChI is InChI=1S/C25H21N3O5/c1-31-21-13-7-9-18(24(21)32-16-23(29)27-19-10-3-2-4-11-19)15-26-28-25(30)22-14-17-8-5-6-12-20(17)33-22/h2-15H,16H2,1H3,(H,27,29)(H,28,30)/b26-15+. The molecule has 1 heterocycles. The third kappa shape index (κ3) is 5.37. The fourth-order valence-electron chi connectivity index (χ4n) is 3.12. The Bertz CT molecular complexity index is 1260. The number of nitrogens with one attached hydrogen (secondary N) is 2. The Morgan fingerprint density at radius 1 is 1.00 bits per heavy atom. The average molecular weight is 443 g/mol. The number of hydrogen-bond acceptors (Lipinski definition) is 6. The minimum Gasteiger partial charge on any atom is -0.493 e. The van der Waals surface area contributed by atoms with E-state index in [1.165, 1.54) is 13.3 Å². The van der Waals surface area contributed by atoms with Crippen LogP contribution in [-0.2, 0) is 4.79 Å². The third-order valence-corrected chi connectivity index (χ3v) is 4.65. The number of fused-ring (bicyclic) bond motifs is 1. The van der Waals surface area contributed by atoms with Crippen molar-refractivity contribution in [3.05, 3.63) is 90.2 Å². The van der Waals surface area contributed by atoms with E-state index in [0.29, 0.717) is 28.3 Å². The van der Waals surface area contributed by atoms with Crippen LogP contribution in [0, 0.1) is 0 Å². The van der Waals surface area contributed by atoms with Gasteiger partial charge in [0.25, 0.3) is 5.91 Å². The molecule has 4 aromatic rings. The van der Waals surface area contributed by atoms with Gasteiger partial charge < -0.3 is 19.2 Å². The van der Waals surface area contributed by atoms with Gasteiger partial charge in [-0.05, 0) is 36.4 Å². The van der Waals surface area contributed by atoms with E-state index in [9.17, 15) is 9.59 Å². The number of ether oxygens (including phenoxy) is 2. The monoisotopic (exact) mass is 443 g/mol. The van der Waals surface area contributed by atoms with Crippen molar-refractivity contribution in [2.75, 3.05) is 19.0 Å². The normalized spacial score (nSPS) is 10.8. The molecule has 0 aliphatic heterocycles. The van der Waals surface area contributed by atoms with E-state index >= 15 is 0 Å². The maximum absolute atomic E-state index is 12.4. The predicted octanol–water partition coefficient (Wildman–Crippen LogP) is 4.22. The minimum atomic E-state index is -0.491. The van der Waals surface area contributed by atoms with Gasteiger partial charge in [-0.1, -0.05) is 42.5 Å². The molecule has 0 saturated heterocycles.